The van der Waals surface area contributed by atoms with Crippen LogP contribution in [-0.4, -0.2) is 58.6 Å². The molecule has 4 rings (SSSR count). The third-order valence-electron chi connectivity index (χ3n) is 5.34. The van der Waals surface area contributed by atoms with Crippen molar-refractivity contribution in [1.82, 2.24) is 19.9 Å². The van der Waals surface area contributed by atoms with Gasteiger partial charge < -0.3 is 19.3 Å². The van der Waals surface area contributed by atoms with Gasteiger partial charge in [0, 0.05) is 38.4 Å². The Hall–Kier alpha value is -2.90. The minimum atomic E-state index is -0.0208. The van der Waals surface area contributed by atoms with Crippen LogP contribution in [0.4, 0.5) is 5.69 Å². The number of rotatable bonds is 5. The molecule has 2 aromatic rings. The maximum Gasteiger partial charge on any atom is 0.222 e. The quantitative estimate of drug-likeness (QED) is 0.779. The zero-order chi connectivity index (χ0) is 19.5. The van der Waals surface area contributed by atoms with E-state index in [2.05, 4.69) is 19.9 Å². The van der Waals surface area contributed by atoms with Gasteiger partial charge in [-0.3, -0.25) is 4.79 Å². The molecule has 0 aromatic carbocycles. The summed E-state index contributed by atoms with van der Waals surface area (Å²) in [6, 6.07) is 3.87. The number of carbonyl (C=O) groups is 1. The second-order valence-corrected chi connectivity index (χ2v) is 7.06. The summed E-state index contributed by atoms with van der Waals surface area (Å²) < 4.78 is 11.4. The number of fused-ring (bicyclic) bond motifs is 1. The van der Waals surface area contributed by atoms with Crippen molar-refractivity contribution in [3.8, 4) is 11.8 Å². The first-order valence-corrected chi connectivity index (χ1v) is 9.70. The van der Waals surface area contributed by atoms with E-state index in [1.807, 2.05) is 30.2 Å². The van der Waals surface area contributed by atoms with E-state index < -0.39 is 0 Å². The topological polar surface area (TPSA) is 80.7 Å². The zero-order valence-electron chi connectivity index (χ0n) is 16.3. The molecule has 0 bridgehead atoms. The van der Waals surface area contributed by atoms with Crippen LogP contribution in [0.1, 0.15) is 31.0 Å². The summed E-state index contributed by atoms with van der Waals surface area (Å²) in [5.41, 5.74) is 3.08. The van der Waals surface area contributed by atoms with Gasteiger partial charge in [-0.2, -0.15) is 0 Å². The number of ether oxygens (including phenoxy) is 2. The van der Waals surface area contributed by atoms with E-state index in [0.717, 1.165) is 42.9 Å². The number of amides is 1. The largest absolute Gasteiger partial charge is 0.481 e. The highest BCUT2D eigenvalue weighted by Gasteiger charge is 2.29. The highest BCUT2D eigenvalue weighted by molar-refractivity contribution is 5.76. The fourth-order valence-electron chi connectivity index (χ4n) is 3.75. The summed E-state index contributed by atoms with van der Waals surface area (Å²) in [7, 11) is 1.61. The summed E-state index contributed by atoms with van der Waals surface area (Å²) in [6.07, 6.45) is 5.55. The smallest absolute Gasteiger partial charge is 0.222 e. The normalized spacial score (nSPS) is 18.7. The molecule has 4 heterocycles. The van der Waals surface area contributed by atoms with Crippen LogP contribution in [0.5, 0.6) is 11.8 Å². The summed E-state index contributed by atoms with van der Waals surface area (Å²) >= 11 is 0. The Morgan fingerprint density at radius 3 is 2.89 bits per heavy atom. The predicted molar refractivity (Wildman–Crippen MR) is 103 cm³/mol. The molecule has 0 aliphatic carbocycles. The first-order chi connectivity index (χ1) is 13.7. The number of methoxy groups -OCH3 is 1. The molecule has 1 amide bonds. The van der Waals surface area contributed by atoms with Gasteiger partial charge in [0.05, 0.1) is 43.3 Å². The molecule has 1 saturated heterocycles. The van der Waals surface area contributed by atoms with Gasteiger partial charge in [-0.25, -0.2) is 15.0 Å². The van der Waals surface area contributed by atoms with Gasteiger partial charge in [0.2, 0.25) is 17.7 Å². The van der Waals surface area contributed by atoms with Crippen LogP contribution in [0.15, 0.2) is 24.7 Å². The lowest BCUT2D eigenvalue weighted by Crippen LogP contribution is -2.33. The highest BCUT2D eigenvalue weighted by Crippen LogP contribution is 2.30. The molecular weight excluding hydrogens is 358 g/mol. The van der Waals surface area contributed by atoms with E-state index >= 15 is 0 Å². The van der Waals surface area contributed by atoms with Gasteiger partial charge in [-0.1, -0.05) is 6.92 Å². The molecule has 2 aliphatic heterocycles. The van der Waals surface area contributed by atoms with Gasteiger partial charge in [0.15, 0.2) is 0 Å². The SMILES string of the molecule is CCC(=O)N1CC[C@H](Oc2ncnc3c2CN(c2ccc(OC)nc2)CC3)C1. The van der Waals surface area contributed by atoms with E-state index in [1.54, 1.807) is 13.4 Å². The molecule has 28 heavy (non-hydrogen) atoms. The van der Waals surface area contributed by atoms with Gasteiger partial charge >= 0.3 is 0 Å². The van der Waals surface area contributed by atoms with Gasteiger partial charge in [-0.05, 0) is 6.07 Å². The number of likely N-dealkylation sites (tertiary alicyclic amines) is 1. The van der Waals surface area contributed by atoms with Crippen LogP contribution in [-0.2, 0) is 17.8 Å². The number of nitrogens with zero attached hydrogens (tertiary/aromatic N) is 5. The minimum Gasteiger partial charge on any atom is -0.481 e. The van der Waals surface area contributed by atoms with Crippen molar-refractivity contribution in [3.05, 3.63) is 35.9 Å². The van der Waals surface area contributed by atoms with Crippen molar-refractivity contribution in [1.29, 1.82) is 0 Å². The maximum absolute atomic E-state index is 11.9. The molecule has 1 atom stereocenters. The van der Waals surface area contributed by atoms with Crippen LogP contribution < -0.4 is 14.4 Å². The van der Waals surface area contributed by atoms with E-state index in [1.165, 1.54) is 0 Å². The Labute approximate surface area is 164 Å². The molecule has 8 nitrogen and oxygen atoms in total. The van der Waals surface area contributed by atoms with Crippen LogP contribution in [0.2, 0.25) is 0 Å². The van der Waals surface area contributed by atoms with Crippen molar-refractivity contribution in [2.45, 2.75) is 38.8 Å². The number of anilines is 1. The zero-order valence-corrected chi connectivity index (χ0v) is 16.3. The lowest BCUT2D eigenvalue weighted by molar-refractivity contribution is -0.130. The molecular formula is C20H25N5O3. The van der Waals surface area contributed by atoms with Crippen LogP contribution in [0.25, 0.3) is 0 Å². The first-order valence-electron chi connectivity index (χ1n) is 9.70. The Kier molecular flexibility index (Phi) is 5.27. The Bertz CT molecular complexity index is 842. The molecule has 1 fully saturated rings. The molecule has 148 valence electrons. The van der Waals surface area contributed by atoms with E-state index in [9.17, 15) is 4.79 Å². The monoisotopic (exact) mass is 383 g/mol. The van der Waals surface area contributed by atoms with Gasteiger partial charge in [0.25, 0.3) is 0 Å². The molecule has 0 spiro atoms. The summed E-state index contributed by atoms with van der Waals surface area (Å²) in [6.45, 7) is 4.79. The first kappa shape index (κ1) is 18.5. The van der Waals surface area contributed by atoms with Crippen molar-refractivity contribution in [2.75, 3.05) is 31.6 Å². The third kappa shape index (κ3) is 3.72. The Morgan fingerprint density at radius 2 is 2.14 bits per heavy atom. The minimum absolute atomic E-state index is 0.0208. The molecule has 0 saturated carbocycles. The Morgan fingerprint density at radius 1 is 1.25 bits per heavy atom. The highest BCUT2D eigenvalue weighted by atomic mass is 16.5. The second kappa shape index (κ2) is 8.00. The standard InChI is InChI=1S/C20H25N5O3/c1-3-19(26)25-8-6-15(11-25)28-20-16-12-24(9-7-17(16)22-13-23-20)14-4-5-18(27-2)21-10-14/h4-5,10,13,15H,3,6-9,11-12H2,1-2H3/t15-/m0/s1. The van der Waals surface area contributed by atoms with Gasteiger partial charge in [0.1, 0.15) is 12.4 Å². The number of hydrogen-bond donors (Lipinski definition) is 0. The number of carbonyl (C=O) groups excluding carboxylic acids is 1. The fourth-order valence-corrected chi connectivity index (χ4v) is 3.75. The maximum atomic E-state index is 11.9. The van der Waals surface area contributed by atoms with E-state index in [4.69, 9.17) is 9.47 Å². The second-order valence-electron chi connectivity index (χ2n) is 7.06. The molecule has 0 N–H and O–H groups in total. The van der Waals surface area contributed by atoms with E-state index in [0.29, 0.717) is 31.3 Å². The summed E-state index contributed by atoms with van der Waals surface area (Å²) in [5, 5.41) is 0. The average molecular weight is 383 g/mol. The number of aromatic nitrogens is 3. The molecule has 2 aromatic heterocycles. The Balaban J connectivity index is 1.49. The van der Waals surface area contributed by atoms with Crippen molar-refractivity contribution < 1.29 is 14.3 Å². The third-order valence-corrected chi connectivity index (χ3v) is 5.34. The molecule has 8 heteroatoms. The molecule has 0 unspecified atom stereocenters. The van der Waals surface area contributed by atoms with Crippen LogP contribution >= 0.6 is 0 Å². The van der Waals surface area contributed by atoms with Crippen LogP contribution in [0.3, 0.4) is 0 Å². The van der Waals surface area contributed by atoms with Gasteiger partial charge in [-0.15, -0.1) is 0 Å². The predicted octanol–water partition coefficient (Wildman–Crippen LogP) is 1.83. The lowest BCUT2D eigenvalue weighted by Gasteiger charge is -2.30. The average Bonchev–Trinajstić information content (AvgIpc) is 3.22. The fraction of sp³-hybridized carbons (Fsp3) is 0.500. The van der Waals surface area contributed by atoms with Crippen molar-refractivity contribution in [3.63, 3.8) is 0 Å². The molecule has 0 radical (unpaired) electrons. The summed E-state index contributed by atoms with van der Waals surface area (Å²) in [5.74, 6) is 1.40. The van der Waals surface area contributed by atoms with Crippen LogP contribution in [0, 0.1) is 0 Å². The van der Waals surface area contributed by atoms with Crippen molar-refractivity contribution in [2.24, 2.45) is 0 Å². The summed E-state index contributed by atoms with van der Waals surface area (Å²) in [4.78, 5) is 29.2. The molecule has 2 aliphatic rings. The van der Waals surface area contributed by atoms with Crippen molar-refractivity contribution >= 4 is 11.6 Å². The number of hydrogen-bond acceptors (Lipinski definition) is 7. The van der Waals surface area contributed by atoms with E-state index in [-0.39, 0.29) is 12.0 Å². The number of pyridine rings is 1. The lowest BCUT2D eigenvalue weighted by atomic mass is 10.1.